The highest BCUT2D eigenvalue weighted by Gasteiger charge is 2.33. The molecule has 0 unspecified atom stereocenters. The average molecular weight is 377 g/mol. The van der Waals surface area contributed by atoms with Gasteiger partial charge in [-0.15, -0.1) is 0 Å². The molecule has 0 saturated carbocycles. The van der Waals surface area contributed by atoms with Crippen LogP contribution in [0, 0.1) is 0 Å². The highest BCUT2D eigenvalue weighted by atomic mass is 32.2. The number of anilines is 1. The molecule has 6 nitrogen and oxygen atoms in total. The highest BCUT2D eigenvalue weighted by Crippen LogP contribution is 2.36. The number of sulfonamides is 1. The van der Waals surface area contributed by atoms with Gasteiger partial charge in [0.1, 0.15) is 0 Å². The van der Waals surface area contributed by atoms with Crippen LogP contribution in [-0.2, 0) is 14.8 Å². The van der Waals surface area contributed by atoms with Crippen molar-refractivity contribution in [2.75, 3.05) is 4.90 Å². The van der Waals surface area contributed by atoms with Crippen molar-refractivity contribution < 1.29 is 13.2 Å². The second kappa shape index (κ2) is 6.44. The Balaban J connectivity index is 1.91. The molecule has 2 N–H and O–H groups in total. The summed E-state index contributed by atoms with van der Waals surface area (Å²) in [4.78, 5) is 18.5. The van der Waals surface area contributed by atoms with Gasteiger partial charge in [0.25, 0.3) is 5.91 Å². The van der Waals surface area contributed by atoms with Crippen LogP contribution < -0.4 is 10.0 Å². The first-order chi connectivity index (χ1) is 11.4. The molecule has 1 saturated heterocycles. The fraction of sp³-hybridized carbons (Fsp3) is 0. The minimum absolute atomic E-state index is 0.0271. The molecule has 1 aromatic heterocycles. The van der Waals surface area contributed by atoms with E-state index < -0.39 is 10.0 Å². The maximum absolute atomic E-state index is 12.6. The van der Waals surface area contributed by atoms with E-state index in [4.69, 9.17) is 17.4 Å². The van der Waals surface area contributed by atoms with E-state index in [1.54, 1.807) is 24.4 Å². The molecule has 1 aliphatic rings. The summed E-state index contributed by atoms with van der Waals surface area (Å²) >= 11 is 6.43. The number of carbonyl (C=O) groups is 1. The normalized spacial score (nSPS) is 16.9. The van der Waals surface area contributed by atoms with Crippen molar-refractivity contribution in [2.45, 2.75) is 4.90 Å². The number of pyridine rings is 1. The standard InChI is InChI=1S/C15H11N3O3S3/c16-24(20,21)12-6-4-11(5-7-12)18-14(19)13(23-15(18)22)9-10-3-1-2-8-17-10/h1-9H,(H2,16,20,21)/b13-9+. The molecule has 3 rings (SSSR count). The summed E-state index contributed by atoms with van der Waals surface area (Å²) in [5, 5.41) is 5.07. The summed E-state index contributed by atoms with van der Waals surface area (Å²) in [6.45, 7) is 0. The molecule has 24 heavy (non-hydrogen) atoms. The van der Waals surface area contributed by atoms with Gasteiger partial charge in [0.15, 0.2) is 4.32 Å². The summed E-state index contributed by atoms with van der Waals surface area (Å²) in [5.74, 6) is -0.279. The molecule has 1 fully saturated rings. The molecular weight excluding hydrogens is 366 g/mol. The number of aromatic nitrogens is 1. The SMILES string of the molecule is NS(=O)(=O)c1ccc(N2C(=O)/C(=C\c3ccccn3)SC2=S)cc1. The monoisotopic (exact) mass is 377 g/mol. The predicted octanol–water partition coefficient (Wildman–Crippen LogP) is 2.13. The molecule has 0 aliphatic carbocycles. The van der Waals surface area contributed by atoms with E-state index in [1.807, 2.05) is 6.07 Å². The third-order valence-electron chi connectivity index (χ3n) is 3.18. The van der Waals surface area contributed by atoms with Crippen LogP contribution in [0.2, 0.25) is 0 Å². The minimum atomic E-state index is -3.78. The molecule has 1 aromatic carbocycles. The van der Waals surface area contributed by atoms with Gasteiger partial charge in [0, 0.05) is 6.20 Å². The number of nitrogens with two attached hydrogens (primary N) is 1. The number of benzene rings is 1. The molecular formula is C15H11N3O3S3. The Bertz CT molecular complexity index is 939. The third kappa shape index (κ3) is 3.39. The average Bonchev–Trinajstić information content (AvgIpc) is 2.82. The molecule has 2 heterocycles. The Morgan fingerprint density at radius 3 is 2.46 bits per heavy atom. The first-order valence-electron chi connectivity index (χ1n) is 6.68. The molecule has 0 spiro atoms. The zero-order chi connectivity index (χ0) is 17.3. The van der Waals surface area contributed by atoms with Crippen LogP contribution in [-0.4, -0.2) is 23.6 Å². The van der Waals surface area contributed by atoms with E-state index in [0.717, 1.165) is 0 Å². The molecule has 2 aromatic rings. The van der Waals surface area contributed by atoms with Crippen molar-refractivity contribution >= 4 is 56.0 Å². The number of rotatable bonds is 3. The Kier molecular flexibility index (Phi) is 4.50. The van der Waals surface area contributed by atoms with Crippen molar-refractivity contribution in [1.82, 2.24) is 4.98 Å². The zero-order valence-corrected chi connectivity index (χ0v) is 14.6. The van der Waals surface area contributed by atoms with Gasteiger partial charge >= 0.3 is 0 Å². The number of thioether (sulfide) groups is 1. The van der Waals surface area contributed by atoms with Gasteiger partial charge in [-0.1, -0.05) is 30.0 Å². The smallest absolute Gasteiger partial charge is 0.268 e. The van der Waals surface area contributed by atoms with Crippen LogP contribution in [0.3, 0.4) is 0 Å². The first kappa shape index (κ1) is 16.8. The van der Waals surface area contributed by atoms with Gasteiger partial charge in [-0.25, -0.2) is 13.6 Å². The Morgan fingerprint density at radius 2 is 1.88 bits per heavy atom. The molecule has 0 radical (unpaired) electrons. The van der Waals surface area contributed by atoms with E-state index in [1.165, 1.54) is 40.9 Å². The number of carbonyl (C=O) groups excluding carboxylic acids is 1. The Labute approximate surface area is 148 Å². The summed E-state index contributed by atoms with van der Waals surface area (Å²) < 4.78 is 23.0. The van der Waals surface area contributed by atoms with Crippen LogP contribution in [0.4, 0.5) is 5.69 Å². The van der Waals surface area contributed by atoms with Gasteiger partial charge in [-0.2, -0.15) is 0 Å². The highest BCUT2D eigenvalue weighted by molar-refractivity contribution is 8.27. The van der Waals surface area contributed by atoms with E-state index in [-0.39, 0.29) is 10.8 Å². The van der Waals surface area contributed by atoms with Gasteiger partial charge in [0.05, 0.1) is 21.2 Å². The van der Waals surface area contributed by atoms with Crippen LogP contribution >= 0.6 is 24.0 Å². The fourth-order valence-electron chi connectivity index (χ4n) is 2.07. The fourth-order valence-corrected chi connectivity index (χ4v) is 3.87. The quantitative estimate of drug-likeness (QED) is 0.651. The lowest BCUT2D eigenvalue weighted by Gasteiger charge is -2.14. The molecule has 9 heteroatoms. The van der Waals surface area contributed by atoms with Gasteiger partial charge in [0.2, 0.25) is 10.0 Å². The van der Waals surface area contributed by atoms with Crippen molar-refractivity contribution in [1.29, 1.82) is 0 Å². The largest absolute Gasteiger partial charge is 0.270 e. The third-order valence-corrected chi connectivity index (χ3v) is 5.42. The number of hydrogen-bond acceptors (Lipinski definition) is 6. The topological polar surface area (TPSA) is 93.4 Å². The maximum Gasteiger partial charge on any atom is 0.270 e. The van der Waals surface area contributed by atoms with Gasteiger partial charge in [-0.3, -0.25) is 14.7 Å². The van der Waals surface area contributed by atoms with Gasteiger partial charge in [-0.05, 0) is 42.5 Å². The minimum Gasteiger partial charge on any atom is -0.268 e. The number of nitrogens with zero attached hydrogens (tertiary/aromatic N) is 2. The first-order valence-corrected chi connectivity index (χ1v) is 9.45. The molecule has 0 atom stereocenters. The zero-order valence-electron chi connectivity index (χ0n) is 12.1. The lowest BCUT2D eigenvalue weighted by atomic mass is 10.2. The summed E-state index contributed by atoms with van der Waals surface area (Å²) in [5.41, 5.74) is 1.14. The number of thiocarbonyl (C=S) groups is 1. The van der Waals surface area contributed by atoms with Crippen molar-refractivity contribution in [3.63, 3.8) is 0 Å². The van der Waals surface area contributed by atoms with Crippen molar-refractivity contribution in [3.05, 3.63) is 59.3 Å². The molecule has 1 amide bonds. The van der Waals surface area contributed by atoms with Crippen molar-refractivity contribution in [3.8, 4) is 0 Å². The van der Waals surface area contributed by atoms with E-state index in [0.29, 0.717) is 20.6 Å². The van der Waals surface area contributed by atoms with Crippen LogP contribution in [0.5, 0.6) is 0 Å². The number of hydrogen-bond donors (Lipinski definition) is 1. The molecule has 0 bridgehead atoms. The predicted molar refractivity (Wildman–Crippen MR) is 97.7 cm³/mol. The summed E-state index contributed by atoms with van der Waals surface area (Å²) in [6, 6.07) is 11.1. The Morgan fingerprint density at radius 1 is 1.17 bits per heavy atom. The van der Waals surface area contributed by atoms with Crippen LogP contribution in [0.15, 0.2) is 58.5 Å². The Hall–Kier alpha value is -2.07. The van der Waals surface area contributed by atoms with Crippen LogP contribution in [0.1, 0.15) is 5.69 Å². The lowest BCUT2D eigenvalue weighted by Crippen LogP contribution is -2.27. The second-order valence-electron chi connectivity index (χ2n) is 4.81. The number of amides is 1. The second-order valence-corrected chi connectivity index (χ2v) is 8.05. The molecule has 122 valence electrons. The lowest BCUT2D eigenvalue weighted by molar-refractivity contribution is -0.113. The van der Waals surface area contributed by atoms with E-state index in [9.17, 15) is 13.2 Å². The van der Waals surface area contributed by atoms with Crippen LogP contribution in [0.25, 0.3) is 6.08 Å². The number of primary sulfonamides is 1. The van der Waals surface area contributed by atoms with E-state index >= 15 is 0 Å². The summed E-state index contributed by atoms with van der Waals surface area (Å²) in [7, 11) is -3.78. The molecule has 1 aliphatic heterocycles. The van der Waals surface area contributed by atoms with Crippen molar-refractivity contribution in [2.24, 2.45) is 5.14 Å². The maximum atomic E-state index is 12.6. The summed E-state index contributed by atoms with van der Waals surface area (Å²) in [6.07, 6.45) is 3.30. The van der Waals surface area contributed by atoms with Gasteiger partial charge < -0.3 is 0 Å². The van der Waals surface area contributed by atoms with E-state index in [2.05, 4.69) is 4.98 Å².